The molecule has 1 N–H and O–H groups in total. The van der Waals surface area contributed by atoms with Crippen molar-refractivity contribution in [3.05, 3.63) is 62.8 Å². The Hall–Kier alpha value is -1.73. The lowest BCUT2D eigenvalue weighted by molar-refractivity contribution is -0.124. The Labute approximate surface area is 144 Å². The second kappa shape index (κ2) is 8.05. The van der Waals surface area contributed by atoms with Gasteiger partial charge in [-0.3, -0.25) is 9.78 Å². The molecule has 114 valence electrons. The number of pyridine rings is 1. The number of amides is 1. The summed E-state index contributed by atoms with van der Waals surface area (Å²) in [4.78, 5) is 27.3. The van der Waals surface area contributed by atoms with Crippen molar-refractivity contribution in [2.75, 3.05) is 6.61 Å². The Morgan fingerprint density at radius 1 is 1.18 bits per heavy atom. The topological polar surface area (TPSA) is 68.3 Å². The monoisotopic (exact) mass is 426 g/mol. The van der Waals surface area contributed by atoms with Crippen LogP contribution in [0.5, 0.6) is 0 Å². The molecule has 5 nitrogen and oxygen atoms in total. The number of nitrogens with zero attached hydrogens (tertiary/aromatic N) is 1. The molecule has 0 aliphatic rings. The number of hydrogen-bond donors (Lipinski definition) is 1. The van der Waals surface area contributed by atoms with Gasteiger partial charge in [-0.1, -0.05) is 34.1 Å². The van der Waals surface area contributed by atoms with E-state index in [1.807, 2.05) is 24.3 Å². The molecular weight excluding hydrogens is 416 g/mol. The minimum absolute atomic E-state index is 0.285. The molecule has 1 aromatic heterocycles. The number of hydrogen-bond acceptors (Lipinski definition) is 4. The first kappa shape index (κ1) is 16.6. The van der Waals surface area contributed by atoms with Crippen LogP contribution in [-0.2, 0) is 16.1 Å². The van der Waals surface area contributed by atoms with E-state index in [1.165, 1.54) is 6.20 Å². The van der Waals surface area contributed by atoms with E-state index in [1.54, 1.807) is 12.3 Å². The maximum absolute atomic E-state index is 11.8. The predicted octanol–water partition coefficient (Wildman–Crippen LogP) is 3.08. The molecule has 0 aliphatic heterocycles. The van der Waals surface area contributed by atoms with Gasteiger partial charge < -0.3 is 10.1 Å². The molecule has 0 saturated carbocycles. The van der Waals surface area contributed by atoms with Crippen molar-refractivity contribution in [3.63, 3.8) is 0 Å². The van der Waals surface area contributed by atoms with Crippen molar-refractivity contribution in [2.45, 2.75) is 6.54 Å². The first-order valence-corrected chi connectivity index (χ1v) is 7.92. The number of aromatic nitrogens is 1. The largest absolute Gasteiger partial charge is 0.452 e. The van der Waals surface area contributed by atoms with E-state index >= 15 is 0 Å². The third kappa shape index (κ3) is 4.92. The van der Waals surface area contributed by atoms with E-state index in [4.69, 9.17) is 4.74 Å². The zero-order valence-corrected chi connectivity index (χ0v) is 14.6. The molecule has 2 rings (SSSR count). The summed E-state index contributed by atoms with van der Waals surface area (Å²) in [6.07, 6.45) is 2.94. The second-order valence-corrected chi connectivity index (χ2v) is 6.11. The SMILES string of the molecule is O=C(COC(=O)c1cncc(Br)c1)NCc1ccccc1Br. The van der Waals surface area contributed by atoms with Crippen LogP contribution in [0.2, 0.25) is 0 Å². The van der Waals surface area contributed by atoms with Crippen LogP contribution in [0.25, 0.3) is 0 Å². The number of nitrogens with one attached hydrogen (secondary N) is 1. The average Bonchev–Trinajstić information content (AvgIpc) is 2.52. The fraction of sp³-hybridized carbons (Fsp3) is 0.133. The number of ether oxygens (including phenoxy) is 1. The van der Waals surface area contributed by atoms with Crippen LogP contribution in [0, 0.1) is 0 Å². The van der Waals surface area contributed by atoms with Gasteiger partial charge in [-0.25, -0.2) is 4.79 Å². The number of halogens is 2. The summed E-state index contributed by atoms with van der Waals surface area (Å²) >= 11 is 6.61. The minimum atomic E-state index is -0.593. The number of carbonyl (C=O) groups is 2. The maximum Gasteiger partial charge on any atom is 0.340 e. The highest BCUT2D eigenvalue weighted by atomic mass is 79.9. The second-order valence-electron chi connectivity index (χ2n) is 4.34. The van der Waals surface area contributed by atoms with Crippen LogP contribution in [-0.4, -0.2) is 23.5 Å². The van der Waals surface area contributed by atoms with Crippen molar-refractivity contribution >= 4 is 43.7 Å². The highest BCUT2D eigenvalue weighted by Gasteiger charge is 2.11. The van der Waals surface area contributed by atoms with E-state index < -0.39 is 5.97 Å². The first-order chi connectivity index (χ1) is 10.6. The Morgan fingerprint density at radius 3 is 2.68 bits per heavy atom. The standard InChI is InChI=1S/C15H12Br2N2O3/c16-12-5-11(6-18-8-12)15(21)22-9-14(20)19-7-10-3-1-2-4-13(10)17/h1-6,8H,7,9H2,(H,19,20). The lowest BCUT2D eigenvalue weighted by atomic mass is 10.2. The summed E-state index contributed by atoms with van der Waals surface area (Å²) < 4.78 is 6.52. The van der Waals surface area contributed by atoms with Gasteiger partial charge in [-0.05, 0) is 33.6 Å². The lowest BCUT2D eigenvalue weighted by Crippen LogP contribution is -2.28. The fourth-order valence-electron chi connectivity index (χ4n) is 1.62. The average molecular weight is 428 g/mol. The van der Waals surface area contributed by atoms with Gasteiger partial charge in [0.2, 0.25) is 0 Å². The van der Waals surface area contributed by atoms with E-state index in [-0.39, 0.29) is 18.1 Å². The summed E-state index contributed by atoms with van der Waals surface area (Å²) in [6, 6.07) is 9.13. The molecule has 2 aromatic rings. The van der Waals surface area contributed by atoms with Crippen molar-refractivity contribution in [1.29, 1.82) is 0 Å². The lowest BCUT2D eigenvalue weighted by Gasteiger charge is -2.08. The summed E-state index contributed by atoms with van der Waals surface area (Å²) in [5, 5.41) is 2.69. The minimum Gasteiger partial charge on any atom is -0.452 e. The molecule has 0 atom stereocenters. The van der Waals surface area contributed by atoms with Crippen LogP contribution in [0.4, 0.5) is 0 Å². The maximum atomic E-state index is 11.8. The normalized spacial score (nSPS) is 10.1. The molecule has 1 aromatic carbocycles. The number of carbonyl (C=O) groups excluding carboxylic acids is 2. The van der Waals surface area contributed by atoms with Gasteiger partial charge in [0.15, 0.2) is 6.61 Å². The van der Waals surface area contributed by atoms with Gasteiger partial charge in [-0.15, -0.1) is 0 Å². The molecule has 0 spiro atoms. The molecule has 0 fully saturated rings. The zero-order chi connectivity index (χ0) is 15.9. The highest BCUT2D eigenvalue weighted by Crippen LogP contribution is 2.15. The van der Waals surface area contributed by atoms with E-state index in [0.717, 1.165) is 10.0 Å². The molecule has 0 saturated heterocycles. The molecule has 22 heavy (non-hydrogen) atoms. The first-order valence-electron chi connectivity index (χ1n) is 6.34. The quantitative estimate of drug-likeness (QED) is 0.744. The Bertz CT molecular complexity index is 692. The van der Waals surface area contributed by atoms with Crippen molar-refractivity contribution < 1.29 is 14.3 Å². The van der Waals surface area contributed by atoms with E-state index in [9.17, 15) is 9.59 Å². The number of benzene rings is 1. The van der Waals surface area contributed by atoms with Crippen LogP contribution in [0.15, 0.2) is 51.7 Å². The van der Waals surface area contributed by atoms with Crippen molar-refractivity contribution in [2.24, 2.45) is 0 Å². The summed E-state index contributed by atoms with van der Waals surface area (Å²) in [5.41, 5.74) is 1.23. The van der Waals surface area contributed by atoms with Crippen molar-refractivity contribution in [3.8, 4) is 0 Å². The fourth-order valence-corrected chi connectivity index (χ4v) is 2.41. The van der Waals surface area contributed by atoms with Crippen LogP contribution in [0.3, 0.4) is 0 Å². The van der Waals surface area contributed by atoms with Crippen LogP contribution in [0.1, 0.15) is 15.9 Å². The Kier molecular flexibility index (Phi) is 6.09. The van der Waals surface area contributed by atoms with Crippen LogP contribution >= 0.6 is 31.9 Å². The molecule has 1 heterocycles. The van der Waals surface area contributed by atoms with E-state index in [0.29, 0.717) is 11.0 Å². The molecule has 7 heteroatoms. The summed E-state index contributed by atoms with van der Waals surface area (Å²) in [7, 11) is 0. The molecular formula is C15H12Br2N2O3. The van der Waals surface area contributed by atoms with Gasteiger partial charge >= 0.3 is 5.97 Å². The third-order valence-corrected chi connectivity index (χ3v) is 3.92. The van der Waals surface area contributed by atoms with Gasteiger partial charge in [0.1, 0.15) is 0 Å². The van der Waals surface area contributed by atoms with Gasteiger partial charge in [0.25, 0.3) is 5.91 Å². The van der Waals surface area contributed by atoms with Gasteiger partial charge in [-0.2, -0.15) is 0 Å². The van der Waals surface area contributed by atoms with Gasteiger partial charge in [0.05, 0.1) is 5.56 Å². The van der Waals surface area contributed by atoms with E-state index in [2.05, 4.69) is 42.2 Å². The molecule has 0 bridgehead atoms. The summed E-state index contributed by atoms with van der Waals surface area (Å²) in [6.45, 7) is 0.0199. The number of esters is 1. The van der Waals surface area contributed by atoms with Gasteiger partial charge in [0, 0.05) is 27.9 Å². The summed E-state index contributed by atoms with van der Waals surface area (Å²) in [5.74, 6) is -0.961. The Balaban J connectivity index is 1.81. The predicted molar refractivity (Wildman–Crippen MR) is 88.2 cm³/mol. The van der Waals surface area contributed by atoms with Crippen molar-refractivity contribution in [1.82, 2.24) is 10.3 Å². The molecule has 0 aliphatic carbocycles. The zero-order valence-electron chi connectivity index (χ0n) is 11.4. The highest BCUT2D eigenvalue weighted by molar-refractivity contribution is 9.10. The molecule has 0 unspecified atom stereocenters. The third-order valence-electron chi connectivity index (χ3n) is 2.71. The molecule has 1 amide bonds. The smallest absolute Gasteiger partial charge is 0.340 e. The Morgan fingerprint density at radius 2 is 1.95 bits per heavy atom. The van der Waals surface area contributed by atoms with Crippen LogP contribution < -0.4 is 5.32 Å². The number of rotatable bonds is 5. The molecule has 0 radical (unpaired) electrons.